The predicted octanol–water partition coefficient (Wildman–Crippen LogP) is 3.27. The first-order valence-electron chi connectivity index (χ1n) is 8.26. The summed E-state index contributed by atoms with van der Waals surface area (Å²) in [6, 6.07) is 10.0. The van der Waals surface area contributed by atoms with Gasteiger partial charge in [-0.25, -0.2) is 0 Å². The van der Waals surface area contributed by atoms with Crippen LogP contribution in [-0.4, -0.2) is 34.7 Å². The summed E-state index contributed by atoms with van der Waals surface area (Å²) in [4.78, 5) is 14.8. The molecule has 1 amide bonds. The molecule has 2 aliphatic rings. The summed E-state index contributed by atoms with van der Waals surface area (Å²) < 4.78 is 5.31. The molecule has 0 spiro atoms. The fourth-order valence-corrected chi connectivity index (χ4v) is 3.40. The number of ether oxygens (including phenoxy) is 1. The molecule has 1 N–H and O–H groups in total. The number of nitrogens with zero attached hydrogens (tertiary/aromatic N) is 2. The zero-order valence-electron chi connectivity index (χ0n) is 13.3. The first kappa shape index (κ1) is 14.3. The quantitative estimate of drug-likeness (QED) is 0.942. The van der Waals surface area contributed by atoms with Crippen LogP contribution < -0.4 is 4.74 Å². The van der Waals surface area contributed by atoms with Crippen LogP contribution in [0.4, 0.5) is 0 Å². The van der Waals surface area contributed by atoms with E-state index in [4.69, 9.17) is 4.74 Å². The Kier molecular flexibility index (Phi) is 3.56. The number of hydrogen-bond donors (Lipinski definition) is 1. The summed E-state index contributed by atoms with van der Waals surface area (Å²) in [5.41, 5.74) is 2.78. The van der Waals surface area contributed by atoms with Crippen molar-refractivity contribution in [1.82, 2.24) is 15.1 Å². The average molecular weight is 311 g/mol. The van der Waals surface area contributed by atoms with Crippen LogP contribution in [0.5, 0.6) is 5.75 Å². The lowest BCUT2D eigenvalue weighted by Gasteiger charge is -2.24. The SMILES string of the molecule is COc1cccc([C@H]2CCCN2C(=O)c2cc(C3CC3)[nH]n2)c1. The maximum Gasteiger partial charge on any atom is 0.274 e. The number of H-pyrrole nitrogens is 1. The van der Waals surface area contributed by atoms with Gasteiger partial charge in [0.05, 0.1) is 13.2 Å². The lowest BCUT2D eigenvalue weighted by molar-refractivity contribution is 0.0729. The monoisotopic (exact) mass is 311 g/mol. The van der Waals surface area contributed by atoms with Crippen molar-refractivity contribution in [3.8, 4) is 5.75 Å². The predicted molar refractivity (Wildman–Crippen MR) is 86.6 cm³/mol. The largest absolute Gasteiger partial charge is 0.497 e. The van der Waals surface area contributed by atoms with Gasteiger partial charge in [0.1, 0.15) is 11.4 Å². The van der Waals surface area contributed by atoms with Crippen LogP contribution in [0.25, 0.3) is 0 Å². The summed E-state index contributed by atoms with van der Waals surface area (Å²) in [7, 11) is 1.67. The van der Waals surface area contributed by atoms with Crippen LogP contribution in [0, 0.1) is 0 Å². The molecule has 23 heavy (non-hydrogen) atoms. The Balaban J connectivity index is 1.57. The van der Waals surface area contributed by atoms with E-state index in [2.05, 4.69) is 16.3 Å². The highest BCUT2D eigenvalue weighted by Crippen LogP contribution is 2.39. The van der Waals surface area contributed by atoms with Crippen molar-refractivity contribution in [2.45, 2.75) is 37.6 Å². The molecule has 0 unspecified atom stereocenters. The van der Waals surface area contributed by atoms with Crippen LogP contribution in [0.2, 0.25) is 0 Å². The Hall–Kier alpha value is -2.30. The first-order valence-corrected chi connectivity index (χ1v) is 8.26. The first-order chi connectivity index (χ1) is 11.3. The molecule has 2 aromatic rings. The number of likely N-dealkylation sites (tertiary alicyclic amines) is 1. The second-order valence-electron chi connectivity index (χ2n) is 6.42. The highest BCUT2D eigenvalue weighted by Gasteiger charge is 2.33. The molecule has 5 heteroatoms. The minimum Gasteiger partial charge on any atom is -0.497 e. The lowest BCUT2D eigenvalue weighted by atomic mass is 10.0. The number of nitrogens with one attached hydrogen (secondary N) is 1. The fraction of sp³-hybridized carbons (Fsp3) is 0.444. The Labute approximate surface area is 135 Å². The van der Waals surface area contributed by atoms with Crippen LogP contribution in [0.3, 0.4) is 0 Å². The second kappa shape index (κ2) is 5.72. The van der Waals surface area contributed by atoms with Crippen molar-refractivity contribution in [1.29, 1.82) is 0 Å². The zero-order valence-corrected chi connectivity index (χ0v) is 13.3. The topological polar surface area (TPSA) is 58.2 Å². The number of amides is 1. The molecule has 1 saturated heterocycles. The van der Waals surface area contributed by atoms with Gasteiger partial charge >= 0.3 is 0 Å². The van der Waals surface area contributed by atoms with Gasteiger partial charge in [-0.2, -0.15) is 5.10 Å². The van der Waals surface area contributed by atoms with Gasteiger partial charge in [-0.1, -0.05) is 12.1 Å². The summed E-state index contributed by atoms with van der Waals surface area (Å²) >= 11 is 0. The lowest BCUT2D eigenvalue weighted by Crippen LogP contribution is -2.30. The number of carbonyl (C=O) groups is 1. The standard InChI is InChI=1S/C18H21N3O2/c1-23-14-5-2-4-13(10-14)17-6-3-9-21(17)18(22)16-11-15(19-20-16)12-7-8-12/h2,4-5,10-12,17H,3,6-9H2,1H3,(H,19,20)/t17-/m1/s1. The third kappa shape index (κ3) is 2.71. The molecule has 4 rings (SSSR count). The van der Waals surface area contributed by atoms with Gasteiger partial charge in [-0.3, -0.25) is 9.89 Å². The van der Waals surface area contributed by atoms with Crippen molar-refractivity contribution in [2.75, 3.05) is 13.7 Å². The highest BCUT2D eigenvalue weighted by molar-refractivity contribution is 5.93. The van der Waals surface area contributed by atoms with E-state index in [9.17, 15) is 4.79 Å². The Morgan fingerprint density at radius 1 is 1.30 bits per heavy atom. The third-order valence-corrected chi connectivity index (χ3v) is 4.83. The van der Waals surface area contributed by atoms with Gasteiger partial charge in [0.15, 0.2) is 0 Å². The normalized spacial score (nSPS) is 20.7. The maximum absolute atomic E-state index is 12.9. The molecular formula is C18H21N3O2. The van der Waals surface area contributed by atoms with Gasteiger partial charge in [0.25, 0.3) is 5.91 Å². The molecule has 2 fully saturated rings. The minimum atomic E-state index is 0.0264. The van der Waals surface area contributed by atoms with Crippen LogP contribution in [0.1, 0.15) is 59.4 Å². The van der Waals surface area contributed by atoms with Crippen LogP contribution >= 0.6 is 0 Å². The number of carbonyl (C=O) groups excluding carboxylic acids is 1. The minimum absolute atomic E-state index is 0.0264. The van der Waals surface area contributed by atoms with E-state index in [0.717, 1.165) is 36.4 Å². The summed E-state index contributed by atoms with van der Waals surface area (Å²) in [5, 5.41) is 7.27. The van der Waals surface area contributed by atoms with E-state index in [1.807, 2.05) is 29.2 Å². The molecule has 1 aliphatic heterocycles. The van der Waals surface area contributed by atoms with Gasteiger partial charge in [0, 0.05) is 18.2 Å². The molecule has 0 radical (unpaired) electrons. The van der Waals surface area contributed by atoms with E-state index in [0.29, 0.717) is 11.6 Å². The molecule has 5 nitrogen and oxygen atoms in total. The summed E-state index contributed by atoms with van der Waals surface area (Å²) in [5.74, 6) is 1.44. The third-order valence-electron chi connectivity index (χ3n) is 4.83. The van der Waals surface area contributed by atoms with E-state index in [-0.39, 0.29) is 11.9 Å². The molecule has 1 aromatic carbocycles. The van der Waals surface area contributed by atoms with Crippen LogP contribution in [0.15, 0.2) is 30.3 Å². The van der Waals surface area contributed by atoms with Gasteiger partial charge < -0.3 is 9.64 Å². The molecule has 1 aliphatic carbocycles. The second-order valence-corrected chi connectivity index (χ2v) is 6.42. The van der Waals surface area contributed by atoms with Gasteiger partial charge in [0.2, 0.25) is 0 Å². The van der Waals surface area contributed by atoms with Crippen molar-refractivity contribution in [3.63, 3.8) is 0 Å². The summed E-state index contributed by atoms with van der Waals surface area (Å²) in [6.07, 6.45) is 4.41. The number of aromatic nitrogens is 2. The van der Waals surface area contributed by atoms with Crippen molar-refractivity contribution < 1.29 is 9.53 Å². The van der Waals surface area contributed by atoms with E-state index >= 15 is 0 Å². The molecule has 1 saturated carbocycles. The van der Waals surface area contributed by atoms with E-state index in [1.165, 1.54) is 12.8 Å². The van der Waals surface area contributed by atoms with Crippen LogP contribution in [-0.2, 0) is 0 Å². The van der Waals surface area contributed by atoms with E-state index in [1.54, 1.807) is 7.11 Å². The molecule has 1 atom stereocenters. The van der Waals surface area contributed by atoms with Gasteiger partial charge in [-0.05, 0) is 49.4 Å². The van der Waals surface area contributed by atoms with Crippen molar-refractivity contribution in [3.05, 3.63) is 47.3 Å². The highest BCUT2D eigenvalue weighted by atomic mass is 16.5. The number of methoxy groups -OCH3 is 1. The molecular weight excluding hydrogens is 290 g/mol. The van der Waals surface area contributed by atoms with Crippen molar-refractivity contribution >= 4 is 5.91 Å². The molecule has 0 bridgehead atoms. The van der Waals surface area contributed by atoms with Crippen molar-refractivity contribution in [2.24, 2.45) is 0 Å². The smallest absolute Gasteiger partial charge is 0.274 e. The number of hydrogen-bond acceptors (Lipinski definition) is 3. The molecule has 2 heterocycles. The Morgan fingerprint density at radius 3 is 2.96 bits per heavy atom. The Bertz CT molecular complexity index is 721. The Morgan fingerprint density at radius 2 is 2.17 bits per heavy atom. The fourth-order valence-electron chi connectivity index (χ4n) is 3.40. The molecule has 120 valence electrons. The average Bonchev–Trinajstić information content (AvgIpc) is 3.14. The number of benzene rings is 1. The van der Waals surface area contributed by atoms with Gasteiger partial charge in [-0.15, -0.1) is 0 Å². The molecule has 1 aromatic heterocycles. The number of rotatable bonds is 4. The van der Waals surface area contributed by atoms with E-state index < -0.39 is 0 Å². The summed E-state index contributed by atoms with van der Waals surface area (Å²) in [6.45, 7) is 0.784. The number of aromatic amines is 1. The zero-order chi connectivity index (χ0) is 15.8. The maximum atomic E-state index is 12.9.